The Labute approximate surface area is 217 Å². The Kier molecular flexibility index (Phi) is 12.6. The standard InChI is InChI=1S/C32H46F2O2/c1-3-5-7-9-10-11-12-13-14-16-24-36-30-22-20-26-25-19-21-29(35-23-15-8-6-4-2)31(33)27(25)17-18-28(26)32(30)34/h19-22H,3-18,23-24H2,1-2H3. The Balaban J connectivity index is 1.47. The first-order valence-electron chi connectivity index (χ1n) is 14.6. The molecular formula is C32H46F2O2. The van der Waals surface area contributed by atoms with Gasteiger partial charge in [0.15, 0.2) is 23.1 Å². The zero-order valence-corrected chi connectivity index (χ0v) is 22.6. The third-order valence-corrected chi connectivity index (χ3v) is 7.34. The van der Waals surface area contributed by atoms with E-state index in [1.807, 2.05) is 12.1 Å². The van der Waals surface area contributed by atoms with E-state index < -0.39 is 0 Å². The van der Waals surface area contributed by atoms with E-state index in [1.54, 1.807) is 12.1 Å². The van der Waals surface area contributed by atoms with Crippen LogP contribution in [-0.2, 0) is 12.8 Å². The van der Waals surface area contributed by atoms with E-state index in [0.717, 1.165) is 43.2 Å². The van der Waals surface area contributed by atoms with Gasteiger partial charge < -0.3 is 9.47 Å². The highest BCUT2D eigenvalue weighted by atomic mass is 19.1. The molecule has 0 atom stereocenters. The van der Waals surface area contributed by atoms with Crippen molar-refractivity contribution < 1.29 is 18.3 Å². The van der Waals surface area contributed by atoms with Crippen molar-refractivity contribution in [3.63, 3.8) is 0 Å². The van der Waals surface area contributed by atoms with Crippen LogP contribution in [0.1, 0.15) is 115 Å². The summed E-state index contributed by atoms with van der Waals surface area (Å²) in [4.78, 5) is 0. The van der Waals surface area contributed by atoms with Crippen molar-refractivity contribution in [1.29, 1.82) is 0 Å². The van der Waals surface area contributed by atoms with E-state index in [-0.39, 0.29) is 11.6 Å². The van der Waals surface area contributed by atoms with Gasteiger partial charge in [-0.3, -0.25) is 0 Å². The van der Waals surface area contributed by atoms with Crippen LogP contribution in [0.2, 0.25) is 0 Å². The van der Waals surface area contributed by atoms with Gasteiger partial charge in [0.25, 0.3) is 0 Å². The minimum Gasteiger partial charge on any atom is -0.491 e. The summed E-state index contributed by atoms with van der Waals surface area (Å²) in [6.07, 6.45) is 17.9. The minimum absolute atomic E-state index is 0.290. The second kappa shape index (κ2) is 15.9. The van der Waals surface area contributed by atoms with Crippen LogP contribution in [0.4, 0.5) is 8.78 Å². The molecule has 0 aliphatic heterocycles. The van der Waals surface area contributed by atoms with Crippen molar-refractivity contribution in [2.24, 2.45) is 0 Å². The summed E-state index contributed by atoms with van der Waals surface area (Å²) in [6.45, 7) is 5.48. The molecule has 0 bridgehead atoms. The molecule has 0 N–H and O–H groups in total. The minimum atomic E-state index is -0.296. The van der Waals surface area contributed by atoms with Crippen LogP contribution in [0.3, 0.4) is 0 Å². The highest BCUT2D eigenvalue weighted by Gasteiger charge is 2.25. The van der Waals surface area contributed by atoms with Gasteiger partial charge in [-0.05, 0) is 60.1 Å². The molecular weight excluding hydrogens is 454 g/mol. The Hall–Kier alpha value is -2.10. The second-order valence-electron chi connectivity index (χ2n) is 10.2. The van der Waals surface area contributed by atoms with Crippen LogP contribution in [0.25, 0.3) is 11.1 Å². The lowest BCUT2D eigenvalue weighted by Gasteiger charge is -2.23. The number of rotatable bonds is 18. The zero-order chi connectivity index (χ0) is 25.6. The number of unbranched alkanes of at least 4 members (excludes halogenated alkanes) is 12. The largest absolute Gasteiger partial charge is 0.491 e. The van der Waals surface area contributed by atoms with Gasteiger partial charge in [0.1, 0.15) is 0 Å². The second-order valence-corrected chi connectivity index (χ2v) is 10.2. The number of benzene rings is 2. The summed E-state index contributed by atoms with van der Waals surface area (Å²) in [5.74, 6) is 0.0449. The van der Waals surface area contributed by atoms with Crippen molar-refractivity contribution in [3.8, 4) is 22.6 Å². The van der Waals surface area contributed by atoms with E-state index in [1.165, 1.54) is 57.8 Å². The predicted octanol–water partition coefficient (Wildman–Crippen LogP) is 9.99. The maximum Gasteiger partial charge on any atom is 0.168 e. The van der Waals surface area contributed by atoms with Crippen molar-refractivity contribution in [1.82, 2.24) is 0 Å². The maximum absolute atomic E-state index is 15.3. The fourth-order valence-corrected chi connectivity index (χ4v) is 5.15. The average Bonchev–Trinajstić information content (AvgIpc) is 2.89. The van der Waals surface area contributed by atoms with Crippen LogP contribution in [0.15, 0.2) is 24.3 Å². The van der Waals surface area contributed by atoms with Crippen molar-refractivity contribution in [2.45, 2.75) is 117 Å². The Bertz CT molecular complexity index is 925. The molecule has 0 aromatic heterocycles. The predicted molar refractivity (Wildman–Crippen MR) is 146 cm³/mol. The first-order chi connectivity index (χ1) is 17.7. The summed E-state index contributed by atoms with van der Waals surface area (Å²) in [7, 11) is 0. The molecule has 1 aliphatic rings. The first-order valence-corrected chi connectivity index (χ1v) is 14.6. The molecule has 0 unspecified atom stereocenters. The van der Waals surface area contributed by atoms with Gasteiger partial charge in [-0.15, -0.1) is 0 Å². The van der Waals surface area contributed by atoms with Gasteiger partial charge in [0.05, 0.1) is 13.2 Å². The fourth-order valence-electron chi connectivity index (χ4n) is 5.15. The Morgan fingerprint density at radius 2 is 0.889 bits per heavy atom. The molecule has 0 saturated heterocycles. The van der Waals surface area contributed by atoms with Crippen molar-refractivity contribution in [2.75, 3.05) is 13.2 Å². The van der Waals surface area contributed by atoms with Gasteiger partial charge >= 0.3 is 0 Å². The molecule has 0 amide bonds. The number of ether oxygens (including phenoxy) is 2. The summed E-state index contributed by atoms with van der Waals surface area (Å²) in [5.41, 5.74) is 2.81. The molecule has 0 saturated carbocycles. The van der Waals surface area contributed by atoms with E-state index in [0.29, 0.717) is 48.7 Å². The van der Waals surface area contributed by atoms with Gasteiger partial charge in [-0.2, -0.15) is 0 Å². The molecule has 2 aromatic carbocycles. The SMILES string of the molecule is CCCCCCCCCCCCOc1ccc2c(c1F)CCc1c-2ccc(OCCCCCC)c1F. The molecule has 0 fully saturated rings. The quantitative estimate of drug-likeness (QED) is 0.190. The van der Waals surface area contributed by atoms with Gasteiger partial charge in [0.2, 0.25) is 0 Å². The molecule has 36 heavy (non-hydrogen) atoms. The summed E-state index contributed by atoms with van der Waals surface area (Å²) in [5, 5.41) is 0. The number of fused-ring (bicyclic) bond motifs is 3. The smallest absolute Gasteiger partial charge is 0.168 e. The molecule has 0 heterocycles. The third-order valence-electron chi connectivity index (χ3n) is 7.34. The van der Waals surface area contributed by atoms with Crippen molar-refractivity contribution in [3.05, 3.63) is 47.0 Å². The van der Waals surface area contributed by atoms with E-state index in [2.05, 4.69) is 13.8 Å². The molecule has 200 valence electrons. The summed E-state index contributed by atoms with van der Waals surface area (Å²) in [6, 6.07) is 7.16. The lowest BCUT2D eigenvalue weighted by Crippen LogP contribution is -2.11. The van der Waals surface area contributed by atoms with Crippen LogP contribution in [0, 0.1) is 11.6 Å². The topological polar surface area (TPSA) is 18.5 Å². The number of halogens is 2. The Morgan fingerprint density at radius 1 is 0.528 bits per heavy atom. The van der Waals surface area contributed by atoms with Crippen LogP contribution >= 0.6 is 0 Å². The fraction of sp³-hybridized carbons (Fsp3) is 0.625. The molecule has 0 spiro atoms. The number of hydrogen-bond acceptors (Lipinski definition) is 2. The molecule has 1 aliphatic carbocycles. The van der Waals surface area contributed by atoms with Gasteiger partial charge in [-0.1, -0.05) is 103 Å². The Morgan fingerprint density at radius 3 is 1.31 bits per heavy atom. The summed E-state index contributed by atoms with van der Waals surface area (Å²) < 4.78 is 41.9. The van der Waals surface area contributed by atoms with Crippen LogP contribution in [-0.4, -0.2) is 13.2 Å². The van der Waals surface area contributed by atoms with E-state index in [4.69, 9.17) is 9.47 Å². The molecule has 2 nitrogen and oxygen atoms in total. The van der Waals surface area contributed by atoms with Crippen LogP contribution in [0.5, 0.6) is 11.5 Å². The molecule has 0 radical (unpaired) electrons. The highest BCUT2D eigenvalue weighted by molar-refractivity contribution is 5.75. The highest BCUT2D eigenvalue weighted by Crippen LogP contribution is 2.40. The molecule has 3 rings (SSSR count). The van der Waals surface area contributed by atoms with Crippen molar-refractivity contribution >= 4 is 0 Å². The lowest BCUT2D eigenvalue weighted by molar-refractivity contribution is 0.288. The van der Waals surface area contributed by atoms with E-state index >= 15 is 8.78 Å². The monoisotopic (exact) mass is 500 g/mol. The van der Waals surface area contributed by atoms with E-state index in [9.17, 15) is 0 Å². The summed E-state index contributed by atoms with van der Waals surface area (Å²) >= 11 is 0. The third kappa shape index (κ3) is 8.21. The average molecular weight is 501 g/mol. The van der Waals surface area contributed by atoms with Crippen LogP contribution < -0.4 is 9.47 Å². The maximum atomic E-state index is 15.3. The van der Waals surface area contributed by atoms with Gasteiger partial charge in [0, 0.05) is 0 Å². The normalized spacial score (nSPS) is 12.3. The number of hydrogen-bond donors (Lipinski definition) is 0. The first kappa shape index (κ1) is 28.5. The molecule has 4 heteroatoms. The zero-order valence-electron chi connectivity index (χ0n) is 22.6. The lowest BCUT2D eigenvalue weighted by atomic mass is 9.84. The molecule has 2 aromatic rings. The van der Waals surface area contributed by atoms with Gasteiger partial charge in [-0.25, -0.2) is 8.78 Å².